The molecular weight excluding hydrogens is 254 g/mol. The summed E-state index contributed by atoms with van der Waals surface area (Å²) in [5.41, 5.74) is 0. The first-order valence-electron chi connectivity index (χ1n) is 7.23. The van der Waals surface area contributed by atoms with Crippen LogP contribution in [0.2, 0.25) is 0 Å². The predicted molar refractivity (Wildman–Crippen MR) is 76.0 cm³/mol. The summed E-state index contributed by atoms with van der Waals surface area (Å²) in [7, 11) is 0. The number of halogens is 2. The normalized spacial score (nSPS) is 16.5. The van der Waals surface area contributed by atoms with E-state index in [1.54, 1.807) is 0 Å². The van der Waals surface area contributed by atoms with Gasteiger partial charge in [0.05, 0.1) is 0 Å². The third-order valence-corrected chi connectivity index (χ3v) is 4.44. The topological polar surface area (TPSA) is 23.1 Å². The summed E-state index contributed by atoms with van der Waals surface area (Å²) in [5.74, 6) is 0.761. The smallest absolute Gasteiger partial charge is 0.108 e. The molecule has 0 aliphatic heterocycles. The third-order valence-electron chi connectivity index (χ3n) is 3.06. The average Bonchev–Trinajstić information content (AvgIpc) is 2.37. The van der Waals surface area contributed by atoms with Crippen LogP contribution < -0.4 is 0 Å². The molecule has 0 heterocycles. The standard InChI is InChI=1S/C14H28F2OS/c1-3-5-7-13(15)9-11-18(17)12-10-14(16)8-6-4-2/h13-14H,3-12H2,1-2H3. The molecule has 0 bridgehead atoms. The Kier molecular flexibility index (Phi) is 12.3. The Balaban J connectivity index is 3.49. The molecule has 0 aromatic carbocycles. The largest absolute Gasteiger partial charge is 0.616 e. The van der Waals surface area contributed by atoms with Crippen molar-refractivity contribution in [2.75, 3.05) is 11.5 Å². The molecule has 0 fully saturated rings. The van der Waals surface area contributed by atoms with Gasteiger partial charge in [-0.15, -0.1) is 0 Å². The molecule has 2 unspecified atom stereocenters. The second-order valence-corrected chi connectivity index (χ2v) is 6.60. The summed E-state index contributed by atoms with van der Waals surface area (Å²) >= 11 is -1.05. The van der Waals surface area contributed by atoms with Gasteiger partial charge in [-0.2, -0.15) is 0 Å². The molecule has 0 saturated heterocycles. The Morgan fingerprint density at radius 2 is 1.22 bits per heavy atom. The first kappa shape index (κ1) is 18.2. The van der Waals surface area contributed by atoms with Crippen LogP contribution in [0.4, 0.5) is 8.78 Å². The van der Waals surface area contributed by atoms with Gasteiger partial charge in [0.2, 0.25) is 0 Å². The van der Waals surface area contributed by atoms with Crippen LogP contribution in [-0.2, 0) is 11.2 Å². The van der Waals surface area contributed by atoms with Crippen LogP contribution in [0.25, 0.3) is 0 Å². The lowest BCUT2D eigenvalue weighted by atomic mass is 10.1. The van der Waals surface area contributed by atoms with Crippen LogP contribution in [0.5, 0.6) is 0 Å². The Hall–Kier alpha value is 0.170. The van der Waals surface area contributed by atoms with E-state index in [1.165, 1.54) is 0 Å². The van der Waals surface area contributed by atoms with Crippen LogP contribution >= 0.6 is 0 Å². The number of unbranched alkanes of at least 4 members (excludes halogenated alkanes) is 2. The molecule has 1 nitrogen and oxygen atoms in total. The molecule has 0 amide bonds. The van der Waals surface area contributed by atoms with Gasteiger partial charge < -0.3 is 4.55 Å². The first-order chi connectivity index (χ1) is 8.60. The summed E-state index contributed by atoms with van der Waals surface area (Å²) in [6, 6.07) is 0. The maximum absolute atomic E-state index is 13.3. The summed E-state index contributed by atoms with van der Waals surface area (Å²) in [4.78, 5) is 0. The van der Waals surface area contributed by atoms with E-state index in [0.29, 0.717) is 37.2 Å². The van der Waals surface area contributed by atoms with Gasteiger partial charge in [0, 0.05) is 12.8 Å². The highest BCUT2D eigenvalue weighted by atomic mass is 32.2. The van der Waals surface area contributed by atoms with E-state index in [1.807, 2.05) is 13.8 Å². The zero-order valence-corrected chi connectivity index (χ0v) is 12.6. The zero-order valence-electron chi connectivity index (χ0n) is 11.8. The van der Waals surface area contributed by atoms with Gasteiger partial charge in [0.15, 0.2) is 0 Å². The number of rotatable bonds is 12. The Labute approximate surface area is 114 Å². The van der Waals surface area contributed by atoms with Crippen LogP contribution in [0, 0.1) is 0 Å². The highest BCUT2D eigenvalue weighted by Gasteiger charge is 2.15. The maximum atomic E-state index is 13.3. The van der Waals surface area contributed by atoms with Crippen molar-refractivity contribution in [3.05, 3.63) is 0 Å². The van der Waals surface area contributed by atoms with E-state index in [2.05, 4.69) is 0 Å². The molecule has 0 aromatic rings. The van der Waals surface area contributed by atoms with Gasteiger partial charge in [-0.25, -0.2) is 8.78 Å². The van der Waals surface area contributed by atoms with Crippen molar-refractivity contribution in [3.8, 4) is 0 Å². The van der Waals surface area contributed by atoms with Crippen LogP contribution in [0.3, 0.4) is 0 Å². The lowest BCUT2D eigenvalue weighted by Gasteiger charge is -2.14. The SMILES string of the molecule is CCCCC(F)CC[S+]([O-])CCC(F)CCCC. The summed E-state index contributed by atoms with van der Waals surface area (Å²) in [5, 5.41) is 0. The molecule has 2 atom stereocenters. The molecule has 0 N–H and O–H groups in total. The zero-order chi connectivity index (χ0) is 13.8. The van der Waals surface area contributed by atoms with Gasteiger partial charge >= 0.3 is 0 Å². The fourth-order valence-electron chi connectivity index (χ4n) is 1.76. The first-order valence-corrected chi connectivity index (χ1v) is 8.72. The quantitative estimate of drug-likeness (QED) is 0.481. The number of alkyl halides is 2. The minimum absolute atomic E-state index is 0.360. The molecule has 0 aromatic heterocycles. The summed E-state index contributed by atoms with van der Waals surface area (Å²) in [6.07, 6.45) is 3.93. The monoisotopic (exact) mass is 282 g/mol. The minimum Gasteiger partial charge on any atom is -0.616 e. The maximum Gasteiger partial charge on any atom is 0.108 e. The van der Waals surface area contributed by atoms with Gasteiger partial charge in [-0.1, -0.05) is 50.7 Å². The van der Waals surface area contributed by atoms with Gasteiger partial charge in [-0.05, 0) is 12.8 Å². The molecule has 0 rings (SSSR count). The van der Waals surface area contributed by atoms with Crippen LogP contribution in [-0.4, -0.2) is 28.4 Å². The lowest BCUT2D eigenvalue weighted by Crippen LogP contribution is -2.18. The van der Waals surface area contributed by atoms with Gasteiger partial charge in [0.25, 0.3) is 0 Å². The van der Waals surface area contributed by atoms with Crippen molar-refractivity contribution in [1.82, 2.24) is 0 Å². The average molecular weight is 282 g/mol. The summed E-state index contributed by atoms with van der Waals surface area (Å²) in [6.45, 7) is 4.06. The van der Waals surface area contributed by atoms with E-state index < -0.39 is 23.5 Å². The third kappa shape index (κ3) is 11.3. The molecule has 0 saturated carbocycles. The number of hydrogen-bond acceptors (Lipinski definition) is 1. The molecule has 0 aliphatic carbocycles. The summed E-state index contributed by atoms with van der Waals surface area (Å²) < 4.78 is 38.2. The molecule has 0 radical (unpaired) electrons. The fourth-order valence-corrected chi connectivity index (χ4v) is 3.00. The fraction of sp³-hybridized carbons (Fsp3) is 1.00. The second-order valence-electron chi connectivity index (χ2n) is 4.90. The van der Waals surface area contributed by atoms with Crippen molar-refractivity contribution in [1.29, 1.82) is 0 Å². The van der Waals surface area contributed by atoms with Crippen LogP contribution in [0.15, 0.2) is 0 Å². The Bertz CT molecular complexity index is 163. The molecule has 0 aliphatic rings. The lowest BCUT2D eigenvalue weighted by molar-refractivity contribution is 0.296. The molecule has 0 spiro atoms. The Morgan fingerprint density at radius 1 is 0.833 bits per heavy atom. The highest BCUT2D eigenvalue weighted by molar-refractivity contribution is 7.91. The van der Waals surface area contributed by atoms with Crippen molar-refractivity contribution in [3.63, 3.8) is 0 Å². The molecule has 18 heavy (non-hydrogen) atoms. The predicted octanol–water partition coefficient (Wildman–Crippen LogP) is 4.57. The number of hydrogen-bond donors (Lipinski definition) is 0. The molecule has 110 valence electrons. The molecular formula is C14H28F2OS. The van der Waals surface area contributed by atoms with Crippen molar-refractivity contribution < 1.29 is 13.3 Å². The van der Waals surface area contributed by atoms with Crippen LogP contribution in [0.1, 0.15) is 65.2 Å². The van der Waals surface area contributed by atoms with E-state index in [0.717, 1.165) is 25.7 Å². The van der Waals surface area contributed by atoms with Gasteiger partial charge in [0.1, 0.15) is 23.8 Å². The van der Waals surface area contributed by atoms with E-state index >= 15 is 0 Å². The van der Waals surface area contributed by atoms with Gasteiger partial charge in [-0.3, -0.25) is 0 Å². The Morgan fingerprint density at radius 3 is 1.56 bits per heavy atom. The van der Waals surface area contributed by atoms with E-state index in [-0.39, 0.29) is 0 Å². The minimum atomic E-state index is -1.05. The highest BCUT2D eigenvalue weighted by Crippen LogP contribution is 2.13. The van der Waals surface area contributed by atoms with Crippen molar-refractivity contribution in [2.24, 2.45) is 0 Å². The second kappa shape index (κ2) is 12.2. The van der Waals surface area contributed by atoms with E-state index in [9.17, 15) is 13.3 Å². The molecule has 4 heteroatoms. The van der Waals surface area contributed by atoms with E-state index in [4.69, 9.17) is 0 Å². The van der Waals surface area contributed by atoms with Crippen molar-refractivity contribution in [2.45, 2.75) is 77.6 Å². The van der Waals surface area contributed by atoms with Crippen molar-refractivity contribution >= 4 is 11.2 Å².